The predicted molar refractivity (Wildman–Crippen MR) is 150 cm³/mol. The molecule has 8 nitrogen and oxygen atoms in total. The fraction of sp³-hybridized carbons (Fsp3) is 0.400. The molecule has 3 aromatic rings. The predicted octanol–water partition coefficient (Wildman–Crippen LogP) is 4.72. The Morgan fingerprint density at radius 3 is 2.30 bits per heavy atom. The second-order valence-corrected chi connectivity index (χ2v) is 10.9. The zero-order valence-corrected chi connectivity index (χ0v) is 23.3. The average Bonchev–Trinajstić information content (AvgIpc) is 2.93. The Hall–Kier alpha value is -3.92. The van der Waals surface area contributed by atoms with Crippen molar-refractivity contribution in [3.8, 4) is 22.5 Å². The first-order valence-electron chi connectivity index (χ1n) is 13.3. The highest BCUT2D eigenvalue weighted by Crippen LogP contribution is 2.33. The zero-order chi connectivity index (χ0) is 29.0. The summed E-state index contributed by atoms with van der Waals surface area (Å²) >= 11 is 0. The van der Waals surface area contributed by atoms with E-state index in [0.29, 0.717) is 35.6 Å². The van der Waals surface area contributed by atoms with Crippen LogP contribution in [0.15, 0.2) is 36.4 Å². The number of aromatic nitrogens is 2. The van der Waals surface area contributed by atoms with Gasteiger partial charge in [0.25, 0.3) is 5.91 Å². The number of nitrogens with one attached hydrogen (secondary N) is 1. The van der Waals surface area contributed by atoms with E-state index in [-0.39, 0.29) is 28.4 Å². The summed E-state index contributed by atoms with van der Waals surface area (Å²) in [6.45, 7) is 7.91. The SMILES string of the molecule is COC(C)(C)C.Nc1nc(F)c(-c2ccc(C3CCN(C=O)CC3)cc2)nc1-c1cc(F)c2c(c1)CCNC2=O. The molecule has 3 N–H and O–H groups in total. The first kappa shape index (κ1) is 29.1. The number of nitrogen functional groups attached to an aromatic ring is 1. The summed E-state index contributed by atoms with van der Waals surface area (Å²) in [5.41, 5.74) is 8.73. The number of rotatable bonds is 4. The summed E-state index contributed by atoms with van der Waals surface area (Å²) in [4.78, 5) is 32.9. The Bertz CT molecular complexity index is 1380. The highest BCUT2D eigenvalue weighted by Gasteiger charge is 2.24. The number of halogens is 2. The first-order chi connectivity index (χ1) is 19.0. The average molecular weight is 552 g/mol. The molecule has 2 aliphatic heterocycles. The van der Waals surface area contributed by atoms with Crippen LogP contribution in [0.3, 0.4) is 0 Å². The Balaban J connectivity index is 0.000000557. The molecule has 2 aromatic carbocycles. The van der Waals surface area contributed by atoms with E-state index in [0.717, 1.165) is 37.9 Å². The van der Waals surface area contributed by atoms with E-state index in [1.165, 1.54) is 6.07 Å². The van der Waals surface area contributed by atoms with E-state index < -0.39 is 17.7 Å². The molecule has 0 bridgehead atoms. The Morgan fingerprint density at radius 1 is 1.05 bits per heavy atom. The topological polar surface area (TPSA) is 110 Å². The lowest BCUT2D eigenvalue weighted by Gasteiger charge is -2.29. The zero-order valence-electron chi connectivity index (χ0n) is 23.3. The highest BCUT2D eigenvalue weighted by atomic mass is 19.1. The van der Waals surface area contributed by atoms with Crippen LogP contribution in [-0.2, 0) is 16.0 Å². The van der Waals surface area contributed by atoms with E-state index >= 15 is 0 Å². The first-order valence-corrected chi connectivity index (χ1v) is 13.3. The molecular formula is C30H35F2N5O3. The third-order valence-corrected chi connectivity index (χ3v) is 7.18. The van der Waals surface area contributed by atoms with Crippen molar-refractivity contribution < 1.29 is 23.1 Å². The van der Waals surface area contributed by atoms with Gasteiger partial charge in [0.1, 0.15) is 17.2 Å². The molecule has 0 spiro atoms. The lowest BCUT2D eigenvalue weighted by molar-refractivity contribution is -0.119. The van der Waals surface area contributed by atoms with Crippen LogP contribution in [0, 0.1) is 11.8 Å². The van der Waals surface area contributed by atoms with Gasteiger partial charge in [-0.25, -0.2) is 9.37 Å². The number of ether oxygens (including phenoxy) is 1. The number of hydrogen-bond donors (Lipinski definition) is 2. The van der Waals surface area contributed by atoms with Gasteiger partial charge in [-0.05, 0) is 69.2 Å². The third kappa shape index (κ3) is 6.62. The van der Waals surface area contributed by atoms with E-state index in [1.807, 2.05) is 32.9 Å². The number of benzene rings is 2. The summed E-state index contributed by atoms with van der Waals surface area (Å²) in [7, 11) is 1.71. The minimum Gasteiger partial charge on any atom is -0.382 e. The summed E-state index contributed by atoms with van der Waals surface area (Å²) in [5, 5.41) is 2.62. The molecule has 0 saturated carbocycles. The Morgan fingerprint density at radius 2 is 1.70 bits per heavy atom. The van der Waals surface area contributed by atoms with Crippen molar-refractivity contribution in [1.82, 2.24) is 20.2 Å². The van der Waals surface area contributed by atoms with Gasteiger partial charge in [0.2, 0.25) is 12.4 Å². The summed E-state index contributed by atoms with van der Waals surface area (Å²) in [6, 6.07) is 10.3. The molecule has 212 valence electrons. The number of nitrogens with zero attached hydrogens (tertiary/aromatic N) is 3. The number of hydrogen-bond acceptors (Lipinski definition) is 6. The molecule has 2 aliphatic rings. The molecular weight excluding hydrogens is 516 g/mol. The smallest absolute Gasteiger partial charge is 0.254 e. The van der Waals surface area contributed by atoms with Crippen molar-refractivity contribution >= 4 is 18.1 Å². The minimum atomic E-state index is -0.814. The van der Waals surface area contributed by atoms with Crippen molar-refractivity contribution in [2.24, 2.45) is 0 Å². The quantitative estimate of drug-likeness (QED) is 0.454. The number of carbonyl (C=O) groups is 2. The second kappa shape index (κ2) is 12.1. The van der Waals surface area contributed by atoms with Crippen LogP contribution in [0.1, 0.15) is 61.0 Å². The van der Waals surface area contributed by atoms with Gasteiger partial charge in [-0.15, -0.1) is 0 Å². The van der Waals surface area contributed by atoms with Gasteiger partial charge in [-0.1, -0.05) is 24.3 Å². The molecule has 5 rings (SSSR count). The number of piperidine rings is 1. The monoisotopic (exact) mass is 551 g/mol. The van der Waals surface area contributed by atoms with Crippen LogP contribution in [0.5, 0.6) is 0 Å². The van der Waals surface area contributed by atoms with Gasteiger partial charge < -0.3 is 20.7 Å². The standard InChI is InChI=1S/C25H23F2N5O2.C5H12O/c26-19-12-18(11-17-5-8-29-25(34)20(17)19)22-24(28)31-23(27)21(30-22)16-3-1-14(2-4-16)15-6-9-32(13-33)10-7-15;1-5(2,3)6-4/h1-4,11-13,15H,5-10H2,(H2,28,31)(H,29,34);1-4H3. The second-order valence-electron chi connectivity index (χ2n) is 10.9. The van der Waals surface area contributed by atoms with Gasteiger partial charge in [-0.2, -0.15) is 9.37 Å². The number of nitrogens with two attached hydrogens (primary N) is 1. The molecule has 0 atom stereocenters. The summed E-state index contributed by atoms with van der Waals surface area (Å²) in [6.07, 6.45) is 3.10. The van der Waals surface area contributed by atoms with E-state index in [2.05, 4.69) is 15.3 Å². The fourth-order valence-electron chi connectivity index (χ4n) is 4.73. The number of methoxy groups -OCH3 is 1. The lowest BCUT2D eigenvalue weighted by atomic mass is 9.89. The van der Waals surface area contributed by atoms with Crippen molar-refractivity contribution in [2.75, 3.05) is 32.5 Å². The molecule has 1 aromatic heterocycles. The maximum atomic E-state index is 14.8. The Labute approximate surface area is 233 Å². The maximum absolute atomic E-state index is 14.8. The van der Waals surface area contributed by atoms with Crippen LogP contribution in [0.4, 0.5) is 14.6 Å². The largest absolute Gasteiger partial charge is 0.382 e. The molecule has 40 heavy (non-hydrogen) atoms. The van der Waals surface area contributed by atoms with Crippen LogP contribution in [-0.4, -0.2) is 59.5 Å². The molecule has 1 fully saturated rings. The summed E-state index contributed by atoms with van der Waals surface area (Å²) < 4.78 is 34.4. The number of anilines is 1. The van der Waals surface area contributed by atoms with E-state index in [1.54, 1.807) is 30.2 Å². The van der Waals surface area contributed by atoms with E-state index in [9.17, 15) is 18.4 Å². The van der Waals surface area contributed by atoms with Crippen LogP contribution >= 0.6 is 0 Å². The van der Waals surface area contributed by atoms with E-state index in [4.69, 9.17) is 10.5 Å². The van der Waals surface area contributed by atoms with Crippen molar-refractivity contribution in [2.45, 2.75) is 51.6 Å². The van der Waals surface area contributed by atoms with Crippen LogP contribution in [0.2, 0.25) is 0 Å². The van der Waals surface area contributed by atoms with Gasteiger partial charge in [0.05, 0.1) is 11.2 Å². The minimum absolute atomic E-state index is 0.0124. The van der Waals surface area contributed by atoms with Crippen LogP contribution < -0.4 is 11.1 Å². The van der Waals surface area contributed by atoms with Gasteiger partial charge in [0.15, 0.2) is 5.82 Å². The van der Waals surface area contributed by atoms with Gasteiger partial charge >= 0.3 is 0 Å². The third-order valence-electron chi connectivity index (χ3n) is 7.18. The number of amides is 2. The molecule has 3 heterocycles. The lowest BCUT2D eigenvalue weighted by Crippen LogP contribution is -2.32. The normalized spacial score (nSPS) is 15.6. The molecule has 0 aliphatic carbocycles. The molecule has 2 amide bonds. The fourth-order valence-corrected chi connectivity index (χ4v) is 4.73. The summed E-state index contributed by atoms with van der Waals surface area (Å²) in [5.74, 6) is -1.77. The van der Waals surface area contributed by atoms with Crippen LogP contribution in [0.25, 0.3) is 22.5 Å². The molecule has 10 heteroatoms. The van der Waals surface area contributed by atoms with Gasteiger partial charge in [0, 0.05) is 37.9 Å². The van der Waals surface area contributed by atoms with Crippen molar-refractivity contribution in [3.05, 3.63) is 64.9 Å². The number of fused-ring (bicyclic) bond motifs is 1. The number of likely N-dealkylation sites (tertiary alicyclic amines) is 1. The molecule has 0 radical (unpaired) electrons. The number of carbonyl (C=O) groups excluding carboxylic acids is 2. The van der Waals surface area contributed by atoms with Gasteiger partial charge in [-0.3, -0.25) is 9.59 Å². The molecule has 1 saturated heterocycles. The highest BCUT2D eigenvalue weighted by molar-refractivity contribution is 5.97. The molecule has 0 unspecified atom stereocenters. The van der Waals surface area contributed by atoms with Crippen molar-refractivity contribution in [1.29, 1.82) is 0 Å². The van der Waals surface area contributed by atoms with Crippen molar-refractivity contribution in [3.63, 3.8) is 0 Å². The Kier molecular flexibility index (Phi) is 8.78. The maximum Gasteiger partial charge on any atom is 0.254 e.